The monoisotopic (exact) mass is 313 g/mol. The topological polar surface area (TPSA) is 37.8 Å². The fourth-order valence-electron chi connectivity index (χ4n) is 5.27. The van der Waals surface area contributed by atoms with Gasteiger partial charge in [-0.1, -0.05) is 6.42 Å². The molecule has 5 rings (SSSR count). The maximum absolute atomic E-state index is 4.61. The first kappa shape index (κ1) is 13.3. The van der Waals surface area contributed by atoms with E-state index in [4.69, 9.17) is 0 Å². The number of aryl methyl sites for hydroxylation is 2. The lowest BCUT2D eigenvalue weighted by molar-refractivity contribution is 0.304. The molecule has 2 fully saturated rings. The Morgan fingerprint density at radius 1 is 1.23 bits per heavy atom. The Labute approximate surface area is 135 Å². The Hall–Kier alpha value is -1.16. The van der Waals surface area contributed by atoms with Gasteiger partial charge < -0.3 is 5.32 Å². The Balaban J connectivity index is 1.47. The van der Waals surface area contributed by atoms with Gasteiger partial charge in [0.25, 0.3) is 0 Å². The number of nitrogens with zero attached hydrogens (tertiary/aromatic N) is 2. The van der Waals surface area contributed by atoms with Gasteiger partial charge in [0.15, 0.2) is 0 Å². The highest BCUT2D eigenvalue weighted by Gasteiger charge is 2.42. The quantitative estimate of drug-likeness (QED) is 0.911. The minimum atomic E-state index is 0.533. The van der Waals surface area contributed by atoms with Crippen LogP contribution in [0.2, 0.25) is 0 Å². The van der Waals surface area contributed by atoms with E-state index in [1.54, 1.807) is 11.2 Å². The van der Waals surface area contributed by atoms with E-state index in [0.717, 1.165) is 23.6 Å². The van der Waals surface area contributed by atoms with Crippen LogP contribution in [-0.4, -0.2) is 16.0 Å². The predicted octanol–water partition coefficient (Wildman–Crippen LogP) is 4.42. The van der Waals surface area contributed by atoms with E-state index >= 15 is 0 Å². The average Bonchev–Trinajstić information content (AvgIpc) is 3.26. The van der Waals surface area contributed by atoms with Gasteiger partial charge in [-0.15, -0.1) is 11.3 Å². The minimum Gasteiger partial charge on any atom is -0.367 e. The van der Waals surface area contributed by atoms with Crippen molar-refractivity contribution in [2.45, 2.75) is 57.9 Å². The molecular formula is C18H23N3S. The van der Waals surface area contributed by atoms with Gasteiger partial charge in [-0.3, -0.25) is 0 Å². The van der Waals surface area contributed by atoms with E-state index in [1.807, 2.05) is 11.3 Å². The number of hydrogen-bond acceptors (Lipinski definition) is 4. The molecule has 2 aromatic heterocycles. The van der Waals surface area contributed by atoms with Crippen molar-refractivity contribution >= 4 is 27.4 Å². The van der Waals surface area contributed by atoms with E-state index in [2.05, 4.69) is 22.2 Å². The summed E-state index contributed by atoms with van der Waals surface area (Å²) in [5.41, 5.74) is 1.53. The molecule has 2 heterocycles. The third-order valence-corrected chi connectivity index (χ3v) is 7.50. The zero-order valence-electron chi connectivity index (χ0n) is 13.1. The van der Waals surface area contributed by atoms with Crippen LogP contribution in [0.3, 0.4) is 0 Å². The lowest BCUT2D eigenvalue weighted by Gasteiger charge is -2.29. The summed E-state index contributed by atoms with van der Waals surface area (Å²) in [5, 5.41) is 5.11. The molecule has 0 saturated heterocycles. The van der Waals surface area contributed by atoms with Crippen molar-refractivity contribution in [2.75, 3.05) is 5.32 Å². The molecule has 2 aromatic rings. The van der Waals surface area contributed by atoms with Gasteiger partial charge in [0.05, 0.1) is 5.39 Å². The maximum atomic E-state index is 4.61. The number of rotatable bonds is 3. The average molecular weight is 313 g/mol. The molecule has 3 aliphatic rings. The first-order valence-corrected chi connectivity index (χ1v) is 9.63. The van der Waals surface area contributed by atoms with Gasteiger partial charge in [-0.05, 0) is 68.8 Å². The molecule has 0 aliphatic heterocycles. The number of nitrogens with one attached hydrogen (secondary N) is 1. The fraction of sp³-hybridized carbons (Fsp3) is 0.667. The van der Waals surface area contributed by atoms with Crippen molar-refractivity contribution in [1.82, 2.24) is 9.97 Å². The lowest BCUT2D eigenvalue weighted by Crippen LogP contribution is -2.30. The highest BCUT2D eigenvalue weighted by Crippen LogP contribution is 2.50. The van der Waals surface area contributed by atoms with Gasteiger partial charge in [-0.2, -0.15) is 0 Å². The standard InChI is InChI=1S/C18H23N3S/c1-10(14-8-11-5-6-12(14)7-11)21-17-16-13-3-2-4-15(13)22-18(16)20-9-19-17/h9-12,14H,2-8H2,1H3,(H,19,20,21). The zero-order valence-corrected chi connectivity index (χ0v) is 14.0. The molecule has 2 saturated carbocycles. The van der Waals surface area contributed by atoms with Crippen molar-refractivity contribution in [1.29, 1.82) is 0 Å². The van der Waals surface area contributed by atoms with E-state index in [0.29, 0.717) is 6.04 Å². The Morgan fingerprint density at radius 2 is 2.18 bits per heavy atom. The van der Waals surface area contributed by atoms with Crippen LogP contribution in [-0.2, 0) is 12.8 Å². The van der Waals surface area contributed by atoms with Crippen LogP contribution in [0.5, 0.6) is 0 Å². The molecule has 0 spiro atoms. The lowest BCUT2D eigenvalue weighted by atomic mass is 9.84. The van der Waals surface area contributed by atoms with Crippen molar-refractivity contribution < 1.29 is 0 Å². The molecule has 4 unspecified atom stereocenters. The number of fused-ring (bicyclic) bond motifs is 5. The molecule has 116 valence electrons. The molecule has 0 amide bonds. The summed E-state index contributed by atoms with van der Waals surface area (Å²) >= 11 is 1.88. The van der Waals surface area contributed by atoms with Gasteiger partial charge in [0, 0.05) is 10.9 Å². The van der Waals surface area contributed by atoms with Crippen LogP contribution in [0.1, 0.15) is 49.5 Å². The summed E-state index contributed by atoms with van der Waals surface area (Å²) in [5.74, 6) is 3.91. The summed E-state index contributed by atoms with van der Waals surface area (Å²) in [6, 6.07) is 0.533. The third kappa shape index (κ3) is 1.92. The fourth-order valence-corrected chi connectivity index (χ4v) is 6.50. The summed E-state index contributed by atoms with van der Waals surface area (Å²) in [7, 11) is 0. The smallest absolute Gasteiger partial charge is 0.138 e. The van der Waals surface area contributed by atoms with Gasteiger partial charge in [0.1, 0.15) is 17.0 Å². The van der Waals surface area contributed by atoms with Gasteiger partial charge >= 0.3 is 0 Å². The minimum absolute atomic E-state index is 0.533. The number of aromatic nitrogens is 2. The molecule has 2 bridgehead atoms. The molecule has 0 aromatic carbocycles. The van der Waals surface area contributed by atoms with Crippen molar-refractivity contribution in [2.24, 2.45) is 17.8 Å². The molecule has 0 radical (unpaired) electrons. The molecule has 4 atom stereocenters. The molecule has 4 heteroatoms. The van der Waals surface area contributed by atoms with E-state index in [-0.39, 0.29) is 0 Å². The normalized spacial score (nSPS) is 30.9. The van der Waals surface area contributed by atoms with Gasteiger partial charge in [0.2, 0.25) is 0 Å². The summed E-state index contributed by atoms with van der Waals surface area (Å²) in [6.07, 6.45) is 11.3. The molecule has 3 aliphatic carbocycles. The number of anilines is 1. The van der Waals surface area contributed by atoms with Crippen molar-refractivity contribution in [3.05, 3.63) is 16.8 Å². The third-order valence-electron chi connectivity index (χ3n) is 6.30. The highest BCUT2D eigenvalue weighted by atomic mass is 32.1. The van der Waals surface area contributed by atoms with Crippen LogP contribution < -0.4 is 5.32 Å². The molecular weight excluding hydrogens is 290 g/mol. The van der Waals surface area contributed by atoms with E-state index in [1.165, 1.54) is 60.7 Å². The Bertz CT molecular complexity index is 722. The zero-order chi connectivity index (χ0) is 14.7. The first-order valence-electron chi connectivity index (χ1n) is 8.81. The number of hydrogen-bond donors (Lipinski definition) is 1. The second kappa shape index (κ2) is 4.92. The van der Waals surface area contributed by atoms with Crippen LogP contribution >= 0.6 is 11.3 Å². The van der Waals surface area contributed by atoms with Crippen LogP contribution in [0.15, 0.2) is 6.33 Å². The Morgan fingerprint density at radius 3 is 3.00 bits per heavy atom. The van der Waals surface area contributed by atoms with Crippen LogP contribution in [0.25, 0.3) is 10.2 Å². The molecule has 3 nitrogen and oxygen atoms in total. The summed E-state index contributed by atoms with van der Waals surface area (Å²) < 4.78 is 0. The summed E-state index contributed by atoms with van der Waals surface area (Å²) in [6.45, 7) is 2.37. The summed E-state index contributed by atoms with van der Waals surface area (Å²) in [4.78, 5) is 11.9. The molecule has 1 N–H and O–H groups in total. The maximum Gasteiger partial charge on any atom is 0.138 e. The van der Waals surface area contributed by atoms with Crippen molar-refractivity contribution in [3.63, 3.8) is 0 Å². The first-order chi connectivity index (χ1) is 10.8. The SMILES string of the molecule is CC(Nc1ncnc2sc3c(c12)CCC3)C1CC2CCC1C2. The van der Waals surface area contributed by atoms with E-state index < -0.39 is 0 Å². The van der Waals surface area contributed by atoms with E-state index in [9.17, 15) is 0 Å². The largest absolute Gasteiger partial charge is 0.367 e. The highest BCUT2D eigenvalue weighted by molar-refractivity contribution is 7.19. The Kier molecular flexibility index (Phi) is 2.97. The molecule has 22 heavy (non-hydrogen) atoms. The predicted molar refractivity (Wildman–Crippen MR) is 91.5 cm³/mol. The second-order valence-electron chi connectivity index (χ2n) is 7.53. The van der Waals surface area contributed by atoms with Crippen LogP contribution in [0.4, 0.5) is 5.82 Å². The second-order valence-corrected chi connectivity index (χ2v) is 8.62. The van der Waals surface area contributed by atoms with Crippen molar-refractivity contribution in [3.8, 4) is 0 Å². The van der Waals surface area contributed by atoms with Gasteiger partial charge in [-0.25, -0.2) is 9.97 Å². The van der Waals surface area contributed by atoms with Crippen LogP contribution in [0, 0.1) is 17.8 Å². The number of thiophene rings is 1.